The fraction of sp³-hybridized carbons (Fsp3) is 0.364. The highest BCUT2D eigenvalue weighted by Crippen LogP contribution is 2.32. The topological polar surface area (TPSA) is 46.5 Å². The summed E-state index contributed by atoms with van der Waals surface area (Å²) in [5.74, 6) is -0.708. The van der Waals surface area contributed by atoms with Crippen molar-refractivity contribution in [3.8, 4) is 5.75 Å². The molecule has 0 aliphatic rings. The lowest BCUT2D eigenvalue weighted by molar-refractivity contribution is 0.0692. The monoisotopic (exact) mass is 306 g/mol. The van der Waals surface area contributed by atoms with Gasteiger partial charge in [-0.15, -0.1) is 0 Å². The van der Waals surface area contributed by atoms with Crippen molar-refractivity contribution in [1.82, 2.24) is 0 Å². The fourth-order valence-corrected chi connectivity index (χ4v) is 2.11. The summed E-state index contributed by atoms with van der Waals surface area (Å²) >= 11 is 9.02. The molecule has 16 heavy (non-hydrogen) atoms. The molecule has 0 heterocycles. The van der Waals surface area contributed by atoms with Crippen molar-refractivity contribution in [3.05, 3.63) is 27.2 Å². The summed E-state index contributed by atoms with van der Waals surface area (Å²) in [6, 6.07) is 3.01. The lowest BCUT2D eigenvalue weighted by atomic mass is 10.2. The number of aromatic carboxylic acids is 1. The Bertz CT molecular complexity index is 393. The molecule has 0 aliphatic heterocycles. The van der Waals surface area contributed by atoms with Gasteiger partial charge in [0.2, 0.25) is 0 Å². The van der Waals surface area contributed by atoms with Gasteiger partial charge in [-0.2, -0.15) is 0 Å². The third kappa shape index (κ3) is 3.39. The first kappa shape index (κ1) is 13.3. The van der Waals surface area contributed by atoms with Gasteiger partial charge in [0, 0.05) is 5.02 Å². The SMILES string of the molecule is CCCCOc1c(Br)cc(Cl)cc1C(=O)O. The van der Waals surface area contributed by atoms with Gasteiger partial charge in [0.25, 0.3) is 0 Å². The Hall–Kier alpha value is -0.740. The molecule has 0 spiro atoms. The van der Waals surface area contributed by atoms with Gasteiger partial charge in [-0.25, -0.2) is 4.79 Å². The Morgan fingerprint density at radius 3 is 2.81 bits per heavy atom. The van der Waals surface area contributed by atoms with Crippen LogP contribution in [0.5, 0.6) is 5.75 Å². The number of carbonyl (C=O) groups is 1. The molecule has 3 nitrogen and oxygen atoms in total. The zero-order chi connectivity index (χ0) is 12.1. The van der Waals surface area contributed by atoms with Crippen molar-refractivity contribution in [2.45, 2.75) is 19.8 Å². The lowest BCUT2D eigenvalue weighted by Gasteiger charge is -2.11. The number of ether oxygens (including phenoxy) is 1. The first-order chi connectivity index (χ1) is 7.56. The van der Waals surface area contributed by atoms with Crippen LogP contribution in [0.25, 0.3) is 0 Å². The van der Waals surface area contributed by atoms with Gasteiger partial charge in [-0.1, -0.05) is 24.9 Å². The number of unbranched alkanes of at least 4 members (excludes halogenated alkanes) is 1. The molecule has 5 heteroatoms. The molecule has 0 bridgehead atoms. The Kier molecular flexibility index (Phi) is 5.09. The van der Waals surface area contributed by atoms with E-state index in [2.05, 4.69) is 15.9 Å². The van der Waals surface area contributed by atoms with Crippen LogP contribution in [-0.2, 0) is 0 Å². The Morgan fingerprint density at radius 1 is 1.56 bits per heavy atom. The molecule has 1 aromatic rings. The molecular formula is C11H12BrClO3. The summed E-state index contributed by atoms with van der Waals surface area (Å²) in [7, 11) is 0. The van der Waals surface area contributed by atoms with Crippen LogP contribution in [0.3, 0.4) is 0 Å². The third-order valence-electron chi connectivity index (χ3n) is 1.98. The third-order valence-corrected chi connectivity index (χ3v) is 2.79. The summed E-state index contributed by atoms with van der Waals surface area (Å²) < 4.78 is 6.00. The van der Waals surface area contributed by atoms with E-state index in [1.807, 2.05) is 6.92 Å². The predicted molar refractivity (Wildman–Crippen MR) is 66.5 cm³/mol. The van der Waals surface area contributed by atoms with E-state index in [9.17, 15) is 4.79 Å². The fourth-order valence-electron chi connectivity index (χ4n) is 1.18. The highest BCUT2D eigenvalue weighted by molar-refractivity contribution is 9.10. The molecule has 1 N–H and O–H groups in total. The zero-order valence-electron chi connectivity index (χ0n) is 8.80. The van der Waals surface area contributed by atoms with Crippen LogP contribution >= 0.6 is 27.5 Å². The maximum absolute atomic E-state index is 11.0. The Morgan fingerprint density at radius 2 is 2.25 bits per heavy atom. The van der Waals surface area contributed by atoms with Crippen molar-refractivity contribution >= 4 is 33.5 Å². The van der Waals surface area contributed by atoms with Gasteiger partial charge in [0.1, 0.15) is 11.3 Å². The summed E-state index contributed by atoms with van der Waals surface area (Å²) in [4.78, 5) is 11.0. The molecule has 0 amide bonds. The van der Waals surface area contributed by atoms with Gasteiger partial charge in [0.15, 0.2) is 0 Å². The van der Waals surface area contributed by atoms with E-state index in [1.165, 1.54) is 6.07 Å². The number of rotatable bonds is 5. The molecule has 1 aromatic carbocycles. The van der Waals surface area contributed by atoms with Gasteiger partial charge in [-0.3, -0.25) is 0 Å². The predicted octanol–water partition coefficient (Wildman–Crippen LogP) is 3.98. The van der Waals surface area contributed by atoms with E-state index in [-0.39, 0.29) is 5.56 Å². The van der Waals surface area contributed by atoms with Crippen LogP contribution < -0.4 is 4.74 Å². The van der Waals surface area contributed by atoms with E-state index < -0.39 is 5.97 Å². The quantitative estimate of drug-likeness (QED) is 0.837. The number of benzene rings is 1. The van der Waals surface area contributed by atoms with Crippen molar-refractivity contribution in [2.24, 2.45) is 0 Å². The molecule has 0 radical (unpaired) electrons. The molecule has 0 aromatic heterocycles. The largest absolute Gasteiger partial charge is 0.491 e. The molecule has 0 atom stereocenters. The van der Waals surface area contributed by atoms with Crippen LogP contribution in [0, 0.1) is 0 Å². The summed E-state index contributed by atoms with van der Waals surface area (Å²) in [5.41, 5.74) is 0.0791. The molecule has 0 aliphatic carbocycles. The molecular weight excluding hydrogens is 295 g/mol. The van der Waals surface area contributed by atoms with Crippen LogP contribution in [0.2, 0.25) is 5.02 Å². The second kappa shape index (κ2) is 6.11. The van der Waals surface area contributed by atoms with Crippen molar-refractivity contribution in [2.75, 3.05) is 6.61 Å². The molecule has 88 valence electrons. The lowest BCUT2D eigenvalue weighted by Crippen LogP contribution is -2.05. The average molecular weight is 308 g/mol. The van der Waals surface area contributed by atoms with Crippen molar-refractivity contribution < 1.29 is 14.6 Å². The minimum Gasteiger partial charge on any atom is -0.491 e. The molecule has 0 saturated heterocycles. The average Bonchev–Trinajstić information content (AvgIpc) is 2.20. The van der Waals surface area contributed by atoms with Crippen LogP contribution in [0.15, 0.2) is 16.6 Å². The van der Waals surface area contributed by atoms with Crippen LogP contribution in [0.1, 0.15) is 30.1 Å². The second-order valence-corrected chi connectivity index (χ2v) is 4.56. The van der Waals surface area contributed by atoms with Gasteiger partial charge >= 0.3 is 5.97 Å². The first-order valence-corrected chi connectivity index (χ1v) is 6.08. The summed E-state index contributed by atoms with van der Waals surface area (Å²) in [6.07, 6.45) is 1.88. The number of carboxylic acid groups (broad SMARTS) is 1. The number of carboxylic acids is 1. The molecule has 0 fully saturated rings. The van der Waals surface area contributed by atoms with Crippen LogP contribution in [0.4, 0.5) is 0 Å². The number of hydrogen-bond acceptors (Lipinski definition) is 2. The van der Waals surface area contributed by atoms with Gasteiger partial charge in [-0.05, 0) is 34.5 Å². The maximum atomic E-state index is 11.0. The Labute approximate surface area is 107 Å². The highest BCUT2D eigenvalue weighted by Gasteiger charge is 2.15. The van der Waals surface area contributed by atoms with E-state index >= 15 is 0 Å². The Balaban J connectivity index is 2.99. The standard InChI is InChI=1S/C11H12BrClO3/c1-2-3-4-16-10-8(11(14)15)5-7(13)6-9(10)12/h5-6H,2-4H2,1H3,(H,14,15). The van der Waals surface area contributed by atoms with E-state index in [0.29, 0.717) is 21.9 Å². The smallest absolute Gasteiger partial charge is 0.339 e. The summed E-state index contributed by atoms with van der Waals surface area (Å²) in [6.45, 7) is 2.54. The van der Waals surface area contributed by atoms with E-state index in [0.717, 1.165) is 12.8 Å². The normalized spacial score (nSPS) is 10.2. The van der Waals surface area contributed by atoms with Crippen molar-refractivity contribution in [3.63, 3.8) is 0 Å². The van der Waals surface area contributed by atoms with Gasteiger partial charge in [0.05, 0.1) is 11.1 Å². The van der Waals surface area contributed by atoms with Gasteiger partial charge < -0.3 is 9.84 Å². The molecule has 0 saturated carbocycles. The zero-order valence-corrected chi connectivity index (χ0v) is 11.1. The number of halogens is 2. The highest BCUT2D eigenvalue weighted by atomic mass is 79.9. The van der Waals surface area contributed by atoms with Crippen LogP contribution in [-0.4, -0.2) is 17.7 Å². The van der Waals surface area contributed by atoms with Crippen molar-refractivity contribution in [1.29, 1.82) is 0 Å². The molecule has 0 unspecified atom stereocenters. The molecule has 1 rings (SSSR count). The van der Waals surface area contributed by atoms with E-state index in [4.69, 9.17) is 21.4 Å². The van der Waals surface area contributed by atoms with E-state index in [1.54, 1.807) is 6.07 Å². The maximum Gasteiger partial charge on any atom is 0.339 e. The first-order valence-electron chi connectivity index (χ1n) is 4.91. The minimum atomic E-state index is -1.05. The second-order valence-electron chi connectivity index (χ2n) is 3.27. The number of hydrogen-bond donors (Lipinski definition) is 1. The summed E-state index contributed by atoms with van der Waals surface area (Å²) in [5, 5.41) is 9.38. The minimum absolute atomic E-state index is 0.0791.